The molecule has 6 heteroatoms. The largest absolute Gasteiger partial charge is 0.351 e. The molecule has 2 amide bonds. The number of likely N-dealkylation sites (tertiary alicyclic amines) is 1. The summed E-state index contributed by atoms with van der Waals surface area (Å²) < 4.78 is 0. The monoisotopic (exact) mass is 357 g/mol. The summed E-state index contributed by atoms with van der Waals surface area (Å²) in [5, 5.41) is 5.82. The van der Waals surface area contributed by atoms with Crippen molar-refractivity contribution in [3.63, 3.8) is 0 Å². The van der Waals surface area contributed by atoms with Gasteiger partial charge in [-0.05, 0) is 31.4 Å². The molecule has 1 aliphatic heterocycles. The molecule has 2 aromatic rings. The Morgan fingerprint density at radius 1 is 1.36 bits per heavy atom. The number of rotatable bonds is 4. The minimum absolute atomic E-state index is 0.0535. The molecule has 1 atom stereocenters. The van der Waals surface area contributed by atoms with Crippen LogP contribution in [0.3, 0.4) is 0 Å². The van der Waals surface area contributed by atoms with Crippen molar-refractivity contribution in [2.24, 2.45) is 0 Å². The quantitative estimate of drug-likeness (QED) is 0.914. The van der Waals surface area contributed by atoms with Gasteiger partial charge in [0, 0.05) is 36.9 Å². The predicted octanol–water partition coefficient (Wildman–Crippen LogP) is 3.11. The summed E-state index contributed by atoms with van der Waals surface area (Å²) in [6, 6.07) is 7.74. The number of thiazole rings is 1. The first kappa shape index (κ1) is 17.6. The highest BCUT2D eigenvalue weighted by molar-refractivity contribution is 7.09. The molecular formula is C19H23N3O2S. The molecule has 2 heterocycles. The Kier molecular flexibility index (Phi) is 5.48. The van der Waals surface area contributed by atoms with E-state index in [1.807, 2.05) is 41.5 Å². The first-order valence-electron chi connectivity index (χ1n) is 8.58. The zero-order valence-electron chi connectivity index (χ0n) is 14.6. The van der Waals surface area contributed by atoms with Gasteiger partial charge in [-0.25, -0.2) is 4.98 Å². The molecule has 1 fully saturated rings. The number of amides is 2. The van der Waals surface area contributed by atoms with E-state index < -0.39 is 0 Å². The average molecular weight is 357 g/mol. The van der Waals surface area contributed by atoms with E-state index in [9.17, 15) is 9.59 Å². The topological polar surface area (TPSA) is 62.3 Å². The summed E-state index contributed by atoms with van der Waals surface area (Å²) in [5.74, 6) is 0.331. The number of carbonyl (C=O) groups is 2. The van der Waals surface area contributed by atoms with E-state index in [1.54, 1.807) is 11.3 Å². The highest BCUT2D eigenvalue weighted by Gasteiger charge is 2.27. The maximum atomic E-state index is 12.8. The van der Waals surface area contributed by atoms with Gasteiger partial charge >= 0.3 is 0 Å². The van der Waals surface area contributed by atoms with E-state index in [0.29, 0.717) is 13.1 Å². The number of piperidine rings is 1. The van der Waals surface area contributed by atoms with Gasteiger partial charge in [-0.3, -0.25) is 9.59 Å². The number of benzene rings is 1. The predicted molar refractivity (Wildman–Crippen MR) is 98.7 cm³/mol. The number of nitrogens with one attached hydrogen (secondary N) is 1. The van der Waals surface area contributed by atoms with Gasteiger partial charge in [0.2, 0.25) is 5.91 Å². The van der Waals surface area contributed by atoms with E-state index in [-0.39, 0.29) is 17.7 Å². The fraction of sp³-hybridized carbons (Fsp3) is 0.421. The van der Waals surface area contributed by atoms with Crippen LogP contribution in [0.25, 0.3) is 0 Å². The third-order valence-corrected chi connectivity index (χ3v) is 5.58. The van der Waals surface area contributed by atoms with Crippen LogP contribution in [0.5, 0.6) is 0 Å². The number of hydrogen-bond acceptors (Lipinski definition) is 4. The van der Waals surface area contributed by atoms with Crippen molar-refractivity contribution in [1.82, 2.24) is 15.2 Å². The Morgan fingerprint density at radius 2 is 2.16 bits per heavy atom. The molecule has 0 saturated carbocycles. The van der Waals surface area contributed by atoms with Crippen LogP contribution in [0, 0.1) is 6.92 Å². The van der Waals surface area contributed by atoms with E-state index in [2.05, 4.69) is 10.3 Å². The van der Waals surface area contributed by atoms with Gasteiger partial charge in [0.15, 0.2) is 0 Å². The molecule has 0 radical (unpaired) electrons. The lowest BCUT2D eigenvalue weighted by Gasteiger charge is -2.32. The van der Waals surface area contributed by atoms with Gasteiger partial charge in [-0.15, -0.1) is 11.3 Å². The van der Waals surface area contributed by atoms with Crippen LogP contribution in [0.15, 0.2) is 29.6 Å². The molecule has 1 saturated heterocycles. The van der Waals surface area contributed by atoms with Crippen LogP contribution < -0.4 is 5.32 Å². The minimum atomic E-state index is -0.0535. The molecule has 5 nitrogen and oxygen atoms in total. The van der Waals surface area contributed by atoms with Crippen LogP contribution in [0.4, 0.5) is 0 Å². The second-order valence-corrected chi connectivity index (χ2v) is 7.38. The Morgan fingerprint density at radius 3 is 2.92 bits per heavy atom. The number of aryl methyl sites for hydroxylation is 1. The molecule has 1 N–H and O–H groups in total. The second kappa shape index (κ2) is 7.78. The lowest BCUT2D eigenvalue weighted by Crippen LogP contribution is -2.39. The van der Waals surface area contributed by atoms with Crippen molar-refractivity contribution in [2.75, 3.05) is 13.1 Å². The van der Waals surface area contributed by atoms with Gasteiger partial charge < -0.3 is 10.2 Å². The van der Waals surface area contributed by atoms with Gasteiger partial charge in [0.05, 0.1) is 17.2 Å². The number of nitrogens with zero attached hydrogens (tertiary/aromatic N) is 2. The summed E-state index contributed by atoms with van der Waals surface area (Å²) >= 11 is 1.62. The maximum Gasteiger partial charge on any atom is 0.254 e. The summed E-state index contributed by atoms with van der Waals surface area (Å²) in [6.45, 7) is 5.45. The number of hydrogen-bond donors (Lipinski definition) is 1. The van der Waals surface area contributed by atoms with Crippen LogP contribution in [-0.2, 0) is 11.3 Å². The minimum Gasteiger partial charge on any atom is -0.351 e. The lowest BCUT2D eigenvalue weighted by molar-refractivity contribution is -0.119. The fourth-order valence-electron chi connectivity index (χ4n) is 3.15. The zero-order valence-corrected chi connectivity index (χ0v) is 15.4. The van der Waals surface area contributed by atoms with Crippen molar-refractivity contribution in [3.8, 4) is 0 Å². The Bertz CT molecular complexity index is 772. The molecule has 1 unspecified atom stereocenters. The SMILES string of the molecule is CC(=O)NCc1csc(C2CCCN(C(=O)c3ccccc3C)C2)n1. The van der Waals surface area contributed by atoms with Crippen molar-refractivity contribution in [3.05, 3.63) is 51.5 Å². The van der Waals surface area contributed by atoms with Crippen molar-refractivity contribution >= 4 is 23.2 Å². The van der Waals surface area contributed by atoms with E-state index in [0.717, 1.165) is 41.2 Å². The van der Waals surface area contributed by atoms with Gasteiger partial charge in [0.1, 0.15) is 0 Å². The van der Waals surface area contributed by atoms with E-state index in [1.165, 1.54) is 6.92 Å². The highest BCUT2D eigenvalue weighted by atomic mass is 32.1. The van der Waals surface area contributed by atoms with Gasteiger partial charge in [0.25, 0.3) is 5.91 Å². The van der Waals surface area contributed by atoms with Gasteiger partial charge in [-0.1, -0.05) is 18.2 Å². The molecule has 132 valence electrons. The Labute approximate surface area is 152 Å². The fourth-order valence-corrected chi connectivity index (χ4v) is 4.10. The summed E-state index contributed by atoms with van der Waals surface area (Å²) in [6.07, 6.45) is 2.04. The van der Waals surface area contributed by atoms with Crippen LogP contribution >= 0.6 is 11.3 Å². The van der Waals surface area contributed by atoms with E-state index in [4.69, 9.17) is 0 Å². The smallest absolute Gasteiger partial charge is 0.254 e. The number of aromatic nitrogens is 1. The summed E-state index contributed by atoms with van der Waals surface area (Å²) in [7, 11) is 0. The highest BCUT2D eigenvalue weighted by Crippen LogP contribution is 2.30. The second-order valence-electron chi connectivity index (χ2n) is 6.49. The van der Waals surface area contributed by atoms with Crippen LogP contribution in [-0.4, -0.2) is 34.8 Å². The van der Waals surface area contributed by atoms with Crippen LogP contribution in [0.1, 0.15) is 52.3 Å². The molecule has 1 aromatic heterocycles. The standard InChI is InChI=1S/C19H23N3O2S/c1-13-6-3-4-8-17(13)19(24)22-9-5-7-15(11-22)18-21-16(12-25-18)10-20-14(2)23/h3-4,6,8,12,15H,5,7,9-11H2,1-2H3,(H,20,23). The summed E-state index contributed by atoms with van der Waals surface area (Å²) in [4.78, 5) is 30.5. The molecule has 0 spiro atoms. The molecule has 0 bridgehead atoms. The van der Waals surface area contributed by atoms with Crippen LogP contribution in [0.2, 0.25) is 0 Å². The van der Waals surface area contributed by atoms with Crippen molar-refractivity contribution < 1.29 is 9.59 Å². The third kappa shape index (κ3) is 4.25. The van der Waals surface area contributed by atoms with Crippen molar-refractivity contribution in [1.29, 1.82) is 0 Å². The normalized spacial score (nSPS) is 17.4. The first-order chi connectivity index (χ1) is 12.0. The molecule has 1 aromatic carbocycles. The zero-order chi connectivity index (χ0) is 17.8. The molecule has 25 heavy (non-hydrogen) atoms. The molecule has 1 aliphatic rings. The molecule has 3 rings (SSSR count). The number of carbonyl (C=O) groups excluding carboxylic acids is 2. The van der Waals surface area contributed by atoms with Gasteiger partial charge in [-0.2, -0.15) is 0 Å². The third-order valence-electron chi connectivity index (χ3n) is 4.52. The Balaban J connectivity index is 1.68. The molecular weight excluding hydrogens is 334 g/mol. The van der Waals surface area contributed by atoms with Crippen molar-refractivity contribution in [2.45, 2.75) is 39.2 Å². The Hall–Kier alpha value is -2.21. The first-order valence-corrected chi connectivity index (χ1v) is 9.46. The average Bonchev–Trinajstić information content (AvgIpc) is 3.09. The van der Waals surface area contributed by atoms with E-state index >= 15 is 0 Å². The summed E-state index contributed by atoms with van der Waals surface area (Å²) in [5.41, 5.74) is 2.69. The lowest BCUT2D eigenvalue weighted by atomic mass is 9.97. The maximum absolute atomic E-state index is 12.8. The molecule has 0 aliphatic carbocycles.